The molecule has 1 atom stereocenters. The van der Waals surface area contributed by atoms with Gasteiger partial charge < -0.3 is 0 Å². The summed E-state index contributed by atoms with van der Waals surface area (Å²) in [7, 11) is -3.99. The molecule has 1 aliphatic heterocycles. The van der Waals surface area contributed by atoms with E-state index in [9.17, 15) is 21.6 Å². The second kappa shape index (κ2) is 6.68. The Labute approximate surface area is 143 Å². The highest BCUT2D eigenvalue weighted by molar-refractivity contribution is 8.00. The van der Waals surface area contributed by atoms with Gasteiger partial charge in [-0.05, 0) is 43.7 Å². The smallest absolute Gasteiger partial charge is 0.286 e. The van der Waals surface area contributed by atoms with Gasteiger partial charge in [0.2, 0.25) is 5.69 Å². The van der Waals surface area contributed by atoms with Gasteiger partial charge in [-0.15, -0.1) is 0 Å². The van der Waals surface area contributed by atoms with E-state index in [0.717, 1.165) is 17.0 Å². The van der Waals surface area contributed by atoms with Crippen molar-refractivity contribution in [2.24, 2.45) is 0 Å². The minimum Gasteiger partial charge on any atom is -0.286 e. The fourth-order valence-electron chi connectivity index (χ4n) is 2.91. The van der Waals surface area contributed by atoms with E-state index in [1.807, 2.05) is 13.8 Å². The van der Waals surface area contributed by atoms with Gasteiger partial charge in [-0.3, -0.25) is 4.55 Å². The zero-order chi connectivity index (χ0) is 18.2. The van der Waals surface area contributed by atoms with Crippen LogP contribution in [0, 0.1) is 0 Å². The second-order valence-electron chi connectivity index (χ2n) is 6.08. The minimum absolute atomic E-state index is 0.127. The van der Waals surface area contributed by atoms with Crippen LogP contribution in [0.4, 0.5) is 18.9 Å². The number of nitrogens with one attached hydrogen (secondary N) is 1. The van der Waals surface area contributed by atoms with E-state index >= 15 is 0 Å². The summed E-state index contributed by atoms with van der Waals surface area (Å²) >= 11 is -0.149. The van der Waals surface area contributed by atoms with Crippen molar-refractivity contribution in [2.75, 3.05) is 5.75 Å². The standard InChI is InChI=1S/C15H18F3NO3S2/c1-10-14(2,7-3-4-8-24(20,21)22)12-9-11(23-15(16,17)18)5-6-13(12)19-10/h5-6,9H,3-4,7-8H2,1-2H3,(H,20,21,22)/p+1. The molecule has 0 fully saturated rings. The lowest BCUT2D eigenvalue weighted by molar-refractivity contribution is -0.351. The summed E-state index contributed by atoms with van der Waals surface area (Å²) in [6, 6.07) is 4.61. The number of alkyl halides is 3. The van der Waals surface area contributed by atoms with E-state index in [4.69, 9.17) is 4.55 Å². The van der Waals surface area contributed by atoms with Gasteiger partial charge in [0.1, 0.15) is 0 Å². The predicted octanol–water partition coefficient (Wildman–Crippen LogP) is 2.80. The normalized spacial score (nSPS) is 20.8. The summed E-state index contributed by atoms with van der Waals surface area (Å²) in [5, 5.41) is 0. The Balaban J connectivity index is 2.17. The van der Waals surface area contributed by atoms with Crippen LogP contribution in [-0.2, 0) is 15.5 Å². The highest BCUT2D eigenvalue weighted by atomic mass is 32.2. The molecule has 0 radical (unpaired) electrons. The van der Waals surface area contributed by atoms with Gasteiger partial charge in [0.25, 0.3) is 10.1 Å². The van der Waals surface area contributed by atoms with Crippen LogP contribution in [0.2, 0.25) is 0 Å². The average Bonchev–Trinajstić information content (AvgIpc) is 2.65. The average molecular weight is 382 g/mol. The summed E-state index contributed by atoms with van der Waals surface area (Å²) in [6.45, 7) is 3.80. The number of rotatable bonds is 6. The van der Waals surface area contributed by atoms with Crippen LogP contribution in [0.5, 0.6) is 0 Å². The topological polar surface area (TPSA) is 68.3 Å². The third-order valence-corrected chi connectivity index (χ3v) is 5.82. The first-order valence-electron chi connectivity index (χ1n) is 7.37. The van der Waals surface area contributed by atoms with Crippen LogP contribution < -0.4 is 4.99 Å². The Morgan fingerprint density at radius 3 is 2.54 bits per heavy atom. The summed E-state index contributed by atoms with van der Waals surface area (Å²) in [6.07, 6.45) is 1.41. The Hall–Kier alpha value is -1.06. The fraction of sp³-hybridized carbons (Fsp3) is 0.533. The molecule has 1 unspecified atom stereocenters. The number of unbranched alkanes of at least 4 members (excludes halogenated alkanes) is 1. The van der Waals surface area contributed by atoms with Gasteiger partial charge in [0, 0.05) is 23.4 Å². The molecule has 134 valence electrons. The Morgan fingerprint density at radius 1 is 1.29 bits per heavy atom. The number of hydrogen-bond donors (Lipinski definition) is 2. The molecule has 1 heterocycles. The van der Waals surface area contributed by atoms with E-state index in [0.29, 0.717) is 19.3 Å². The van der Waals surface area contributed by atoms with Crippen LogP contribution in [0.25, 0.3) is 0 Å². The lowest BCUT2D eigenvalue weighted by Crippen LogP contribution is -2.65. The Bertz CT molecular complexity index is 760. The first kappa shape index (κ1) is 19.3. The van der Waals surface area contributed by atoms with Gasteiger partial charge >= 0.3 is 5.51 Å². The van der Waals surface area contributed by atoms with Crippen LogP contribution in [0.1, 0.15) is 38.7 Å². The molecule has 0 saturated carbocycles. The molecule has 0 aromatic heterocycles. The molecule has 0 saturated heterocycles. The number of thioether (sulfide) groups is 1. The predicted molar refractivity (Wildman–Crippen MR) is 87.3 cm³/mol. The zero-order valence-corrected chi connectivity index (χ0v) is 14.9. The molecule has 2 rings (SSSR count). The molecule has 0 bridgehead atoms. The Morgan fingerprint density at radius 2 is 1.96 bits per heavy atom. The third-order valence-electron chi connectivity index (χ3n) is 4.30. The SMILES string of the molecule is CC1=[NH+]c2ccc(SC(F)(F)F)cc2C1(C)CCCCS(=O)(=O)O. The van der Waals surface area contributed by atoms with Crippen LogP contribution in [-0.4, -0.2) is 29.9 Å². The molecule has 24 heavy (non-hydrogen) atoms. The molecule has 1 aromatic rings. The van der Waals surface area contributed by atoms with Crippen molar-refractivity contribution in [1.82, 2.24) is 0 Å². The van der Waals surface area contributed by atoms with Crippen LogP contribution in [0.15, 0.2) is 23.1 Å². The highest BCUT2D eigenvalue weighted by Crippen LogP contribution is 2.42. The molecule has 0 amide bonds. The van der Waals surface area contributed by atoms with E-state index in [1.165, 1.54) is 6.07 Å². The maximum atomic E-state index is 12.6. The first-order valence-corrected chi connectivity index (χ1v) is 9.80. The molecular formula is C15H19F3NO3S2+. The number of benzene rings is 1. The molecule has 2 N–H and O–H groups in total. The fourth-order valence-corrected chi connectivity index (χ4v) is 4.06. The first-order chi connectivity index (χ1) is 10.9. The van der Waals surface area contributed by atoms with E-state index in [-0.39, 0.29) is 22.4 Å². The third kappa shape index (κ3) is 4.73. The van der Waals surface area contributed by atoms with E-state index in [1.54, 1.807) is 12.1 Å². The number of hydrogen-bond acceptors (Lipinski definition) is 3. The van der Waals surface area contributed by atoms with Crippen molar-refractivity contribution >= 4 is 33.3 Å². The van der Waals surface area contributed by atoms with Gasteiger partial charge in [0.15, 0.2) is 5.71 Å². The molecule has 1 aromatic carbocycles. The summed E-state index contributed by atoms with van der Waals surface area (Å²) < 4.78 is 68.1. The van der Waals surface area contributed by atoms with E-state index in [2.05, 4.69) is 4.99 Å². The number of halogens is 3. The molecule has 0 spiro atoms. The molecule has 1 aliphatic rings. The molecule has 4 nitrogen and oxygen atoms in total. The Kier molecular flexibility index (Phi) is 5.37. The quantitative estimate of drug-likeness (QED) is 0.451. The summed E-state index contributed by atoms with van der Waals surface area (Å²) in [4.78, 5) is 3.32. The van der Waals surface area contributed by atoms with Crippen molar-refractivity contribution < 1.29 is 31.1 Å². The largest absolute Gasteiger partial charge is 0.446 e. The zero-order valence-electron chi connectivity index (χ0n) is 13.3. The van der Waals surface area contributed by atoms with Crippen molar-refractivity contribution in [2.45, 2.75) is 48.9 Å². The van der Waals surface area contributed by atoms with Gasteiger partial charge in [-0.25, -0.2) is 4.99 Å². The number of fused-ring (bicyclic) bond motifs is 1. The van der Waals surface area contributed by atoms with Crippen molar-refractivity contribution in [3.05, 3.63) is 23.8 Å². The lowest BCUT2D eigenvalue weighted by Gasteiger charge is -2.22. The lowest BCUT2D eigenvalue weighted by atomic mass is 9.76. The molecule has 0 aliphatic carbocycles. The van der Waals surface area contributed by atoms with Crippen molar-refractivity contribution in [3.63, 3.8) is 0 Å². The minimum atomic E-state index is -4.34. The van der Waals surface area contributed by atoms with Gasteiger partial charge in [-0.1, -0.05) is 6.42 Å². The summed E-state index contributed by atoms with van der Waals surface area (Å²) in [5.74, 6) is -0.313. The maximum absolute atomic E-state index is 12.6. The summed E-state index contributed by atoms with van der Waals surface area (Å²) in [5.41, 5.74) is -2.35. The second-order valence-corrected chi connectivity index (χ2v) is 8.79. The maximum Gasteiger partial charge on any atom is 0.446 e. The van der Waals surface area contributed by atoms with Crippen molar-refractivity contribution in [3.8, 4) is 0 Å². The monoisotopic (exact) mass is 382 g/mol. The molecule has 9 heteroatoms. The van der Waals surface area contributed by atoms with Crippen molar-refractivity contribution in [1.29, 1.82) is 0 Å². The molecular weight excluding hydrogens is 363 g/mol. The van der Waals surface area contributed by atoms with Crippen LogP contribution >= 0.6 is 11.8 Å². The highest BCUT2D eigenvalue weighted by Gasteiger charge is 2.42. The van der Waals surface area contributed by atoms with E-state index < -0.39 is 21.0 Å². The van der Waals surface area contributed by atoms with Gasteiger partial charge in [0.05, 0.1) is 11.2 Å². The van der Waals surface area contributed by atoms with Gasteiger partial charge in [-0.2, -0.15) is 21.6 Å². The van der Waals surface area contributed by atoms with Crippen LogP contribution in [0.3, 0.4) is 0 Å².